The second-order valence-electron chi connectivity index (χ2n) is 8.10. The van der Waals surface area contributed by atoms with Crippen LogP contribution in [-0.2, 0) is 11.2 Å². The number of hydrogen-bond donors (Lipinski definition) is 2. The van der Waals surface area contributed by atoms with Crippen LogP contribution in [0.3, 0.4) is 0 Å². The van der Waals surface area contributed by atoms with Crippen LogP contribution in [0.25, 0.3) is 22.2 Å². The van der Waals surface area contributed by atoms with Gasteiger partial charge in [-0.15, -0.1) is 0 Å². The van der Waals surface area contributed by atoms with Gasteiger partial charge in [-0.3, -0.25) is 4.79 Å². The van der Waals surface area contributed by atoms with Gasteiger partial charge in [-0.25, -0.2) is 4.98 Å². The van der Waals surface area contributed by atoms with Crippen molar-refractivity contribution in [1.29, 1.82) is 0 Å². The van der Waals surface area contributed by atoms with Crippen LogP contribution in [0, 0.1) is 0 Å². The molecular formula is C29H25N3O2. The Hall–Kier alpha value is -4.38. The highest BCUT2D eigenvalue weighted by molar-refractivity contribution is 5.79. The first-order valence-electron chi connectivity index (χ1n) is 11.3. The van der Waals surface area contributed by atoms with Gasteiger partial charge in [0.1, 0.15) is 11.6 Å². The van der Waals surface area contributed by atoms with Gasteiger partial charge >= 0.3 is 0 Å². The van der Waals surface area contributed by atoms with Crippen molar-refractivity contribution in [2.75, 3.05) is 6.61 Å². The minimum atomic E-state index is -0.310. The van der Waals surface area contributed by atoms with E-state index in [0.29, 0.717) is 12.2 Å². The molecule has 1 heterocycles. The number of aromatic amines is 1. The molecule has 2 N–H and O–H groups in total. The van der Waals surface area contributed by atoms with Gasteiger partial charge < -0.3 is 15.0 Å². The summed E-state index contributed by atoms with van der Waals surface area (Å²) >= 11 is 0. The highest BCUT2D eigenvalue weighted by Crippen LogP contribution is 2.29. The number of nitrogens with zero attached hydrogens (tertiary/aromatic N) is 1. The number of benzene rings is 4. The fourth-order valence-electron chi connectivity index (χ4n) is 4.03. The van der Waals surface area contributed by atoms with E-state index in [1.165, 1.54) is 0 Å². The zero-order valence-corrected chi connectivity index (χ0v) is 18.6. The number of carbonyl (C=O) groups is 1. The van der Waals surface area contributed by atoms with Crippen molar-refractivity contribution in [2.24, 2.45) is 0 Å². The Kier molecular flexibility index (Phi) is 6.34. The minimum Gasteiger partial charge on any atom is -0.483 e. The summed E-state index contributed by atoms with van der Waals surface area (Å²) in [7, 11) is 0. The number of amides is 1. The van der Waals surface area contributed by atoms with Gasteiger partial charge in [0.05, 0.1) is 17.1 Å². The van der Waals surface area contributed by atoms with E-state index in [2.05, 4.69) is 22.4 Å². The van der Waals surface area contributed by atoms with Gasteiger partial charge in [0.25, 0.3) is 5.91 Å². The molecule has 5 heteroatoms. The first-order valence-corrected chi connectivity index (χ1v) is 11.3. The predicted octanol–water partition coefficient (Wildman–Crippen LogP) is 5.71. The summed E-state index contributed by atoms with van der Waals surface area (Å²) in [5.41, 5.74) is 4.93. The topological polar surface area (TPSA) is 67.0 Å². The molecule has 0 spiro atoms. The summed E-state index contributed by atoms with van der Waals surface area (Å²) in [6.07, 6.45) is 0.618. The number of ether oxygens (including phenoxy) is 1. The molecule has 0 aliphatic carbocycles. The molecule has 5 rings (SSSR count). The Morgan fingerprint density at radius 1 is 0.824 bits per heavy atom. The van der Waals surface area contributed by atoms with Crippen LogP contribution >= 0.6 is 0 Å². The van der Waals surface area contributed by atoms with Crippen LogP contribution in [0.2, 0.25) is 0 Å². The van der Waals surface area contributed by atoms with E-state index in [1.54, 1.807) is 0 Å². The summed E-state index contributed by atoms with van der Waals surface area (Å²) in [5.74, 6) is 1.19. The lowest BCUT2D eigenvalue weighted by Gasteiger charge is -2.18. The van der Waals surface area contributed by atoms with Crippen LogP contribution in [0.5, 0.6) is 5.75 Å². The van der Waals surface area contributed by atoms with Gasteiger partial charge in [-0.2, -0.15) is 0 Å². The third kappa shape index (κ3) is 4.99. The molecule has 0 aliphatic heterocycles. The van der Waals surface area contributed by atoms with Crippen molar-refractivity contribution in [2.45, 2.75) is 12.5 Å². The van der Waals surface area contributed by atoms with Gasteiger partial charge in [0.2, 0.25) is 0 Å². The highest BCUT2D eigenvalue weighted by Gasteiger charge is 2.20. The maximum absolute atomic E-state index is 13.0. The third-order valence-electron chi connectivity index (χ3n) is 5.69. The van der Waals surface area contributed by atoms with Crippen molar-refractivity contribution in [1.82, 2.24) is 15.3 Å². The Morgan fingerprint density at radius 3 is 2.29 bits per heavy atom. The number of H-pyrrole nitrogens is 1. The zero-order valence-electron chi connectivity index (χ0n) is 18.6. The SMILES string of the molecule is O=C(COc1ccccc1-c1ccccc1)NC(Cc1ccccc1)c1nc2ccccc2[nH]1. The van der Waals surface area contributed by atoms with Crippen molar-refractivity contribution in [3.63, 3.8) is 0 Å². The molecule has 0 saturated carbocycles. The number of aromatic nitrogens is 2. The summed E-state index contributed by atoms with van der Waals surface area (Å²) in [6, 6.07) is 35.4. The van der Waals surface area contributed by atoms with Gasteiger partial charge in [0, 0.05) is 5.56 Å². The zero-order chi connectivity index (χ0) is 23.2. The Morgan fingerprint density at radius 2 is 1.50 bits per heavy atom. The van der Waals surface area contributed by atoms with Crippen LogP contribution < -0.4 is 10.1 Å². The Bertz CT molecular complexity index is 1350. The fraction of sp³-hybridized carbons (Fsp3) is 0.103. The van der Waals surface area contributed by atoms with Crippen LogP contribution in [0.4, 0.5) is 0 Å². The lowest BCUT2D eigenvalue weighted by molar-refractivity contribution is -0.123. The van der Waals surface area contributed by atoms with Crippen molar-refractivity contribution >= 4 is 16.9 Å². The molecule has 1 amide bonds. The summed E-state index contributed by atoms with van der Waals surface area (Å²) in [5, 5.41) is 3.11. The summed E-state index contributed by atoms with van der Waals surface area (Å²) in [6.45, 7) is -0.0879. The van der Waals surface area contributed by atoms with E-state index in [-0.39, 0.29) is 18.6 Å². The molecule has 5 aromatic rings. The van der Waals surface area contributed by atoms with Crippen LogP contribution in [-0.4, -0.2) is 22.5 Å². The first-order chi connectivity index (χ1) is 16.8. The maximum atomic E-state index is 13.0. The van der Waals surface area contributed by atoms with Crippen molar-refractivity contribution < 1.29 is 9.53 Å². The molecule has 0 radical (unpaired) electrons. The van der Waals surface area contributed by atoms with Crippen molar-refractivity contribution in [3.8, 4) is 16.9 Å². The van der Waals surface area contributed by atoms with Gasteiger partial charge in [-0.05, 0) is 35.7 Å². The average molecular weight is 448 g/mol. The second-order valence-corrected chi connectivity index (χ2v) is 8.10. The molecule has 0 saturated heterocycles. The summed E-state index contributed by atoms with van der Waals surface area (Å²) < 4.78 is 5.96. The molecular weight excluding hydrogens is 422 g/mol. The van der Waals surface area contributed by atoms with E-state index in [0.717, 1.165) is 33.5 Å². The fourth-order valence-corrected chi connectivity index (χ4v) is 4.03. The quantitative estimate of drug-likeness (QED) is 0.320. The van der Waals surface area contributed by atoms with Gasteiger partial charge in [0.15, 0.2) is 6.61 Å². The minimum absolute atomic E-state index is 0.0879. The lowest BCUT2D eigenvalue weighted by atomic mass is 10.0. The molecule has 1 unspecified atom stereocenters. The molecule has 4 aromatic carbocycles. The number of hydrogen-bond acceptors (Lipinski definition) is 3. The second kappa shape index (κ2) is 10.0. The Labute approximate surface area is 198 Å². The van der Waals surface area contributed by atoms with E-state index in [1.807, 2.05) is 97.1 Å². The smallest absolute Gasteiger partial charge is 0.258 e. The number of para-hydroxylation sites is 3. The number of carbonyl (C=O) groups excluding carboxylic acids is 1. The number of fused-ring (bicyclic) bond motifs is 1. The monoisotopic (exact) mass is 447 g/mol. The number of imidazole rings is 1. The highest BCUT2D eigenvalue weighted by atomic mass is 16.5. The molecule has 0 fully saturated rings. The van der Waals surface area contributed by atoms with Crippen molar-refractivity contribution in [3.05, 3.63) is 121 Å². The molecule has 1 aromatic heterocycles. The van der Waals surface area contributed by atoms with Crippen LogP contribution in [0.15, 0.2) is 109 Å². The predicted molar refractivity (Wildman–Crippen MR) is 134 cm³/mol. The molecule has 5 nitrogen and oxygen atoms in total. The molecule has 34 heavy (non-hydrogen) atoms. The Balaban J connectivity index is 1.33. The third-order valence-corrected chi connectivity index (χ3v) is 5.69. The molecule has 0 aliphatic rings. The summed E-state index contributed by atoms with van der Waals surface area (Å²) in [4.78, 5) is 21.1. The van der Waals surface area contributed by atoms with E-state index >= 15 is 0 Å². The molecule has 1 atom stereocenters. The maximum Gasteiger partial charge on any atom is 0.258 e. The molecule has 0 bridgehead atoms. The van der Waals surface area contributed by atoms with E-state index in [4.69, 9.17) is 9.72 Å². The molecule has 168 valence electrons. The lowest BCUT2D eigenvalue weighted by Crippen LogP contribution is -2.34. The van der Waals surface area contributed by atoms with Gasteiger partial charge in [-0.1, -0.05) is 91.0 Å². The van der Waals surface area contributed by atoms with E-state index in [9.17, 15) is 4.79 Å². The number of rotatable bonds is 8. The largest absolute Gasteiger partial charge is 0.483 e. The van der Waals surface area contributed by atoms with E-state index < -0.39 is 0 Å². The average Bonchev–Trinajstić information content (AvgIpc) is 3.33. The first kappa shape index (κ1) is 21.5. The standard InChI is InChI=1S/C29H25N3O2/c33-28(20-34-27-18-10-7-15-23(27)22-13-5-2-6-14-22)30-26(19-21-11-3-1-4-12-21)29-31-24-16-8-9-17-25(24)32-29/h1-18,26H,19-20H2,(H,30,33)(H,31,32). The van der Waals surface area contributed by atoms with Crippen LogP contribution in [0.1, 0.15) is 17.4 Å². The normalized spacial score (nSPS) is 11.8. The number of nitrogens with one attached hydrogen (secondary N) is 2.